The first kappa shape index (κ1) is 12.3. The van der Waals surface area contributed by atoms with Crippen LogP contribution in [0.2, 0.25) is 0 Å². The fourth-order valence-electron chi connectivity index (χ4n) is 3.05. The van der Waals surface area contributed by atoms with Crippen LogP contribution in [0.5, 0.6) is 0 Å². The van der Waals surface area contributed by atoms with Crippen LogP contribution in [-0.2, 0) is 0 Å². The van der Waals surface area contributed by atoms with E-state index in [4.69, 9.17) is 0 Å². The Labute approximate surface area is 113 Å². The minimum atomic E-state index is 0.210. The minimum absolute atomic E-state index is 0.210. The van der Waals surface area contributed by atoms with Gasteiger partial charge in [-0.15, -0.1) is 0 Å². The molecule has 1 fully saturated rings. The highest BCUT2D eigenvalue weighted by atomic mass is 16.1. The zero-order valence-corrected chi connectivity index (χ0v) is 11.3. The molecular formula is C17H19NO. The van der Waals surface area contributed by atoms with Crippen molar-refractivity contribution in [2.75, 3.05) is 0 Å². The van der Waals surface area contributed by atoms with Crippen molar-refractivity contribution in [1.82, 2.24) is 4.98 Å². The van der Waals surface area contributed by atoms with Crippen LogP contribution in [0.3, 0.4) is 0 Å². The van der Waals surface area contributed by atoms with Gasteiger partial charge in [0.05, 0.1) is 5.52 Å². The minimum Gasteiger partial charge on any atom is -0.294 e. The third-order valence-electron chi connectivity index (χ3n) is 4.30. The summed E-state index contributed by atoms with van der Waals surface area (Å²) in [6.07, 6.45) is 6.19. The number of hydrogen-bond donors (Lipinski definition) is 0. The summed E-state index contributed by atoms with van der Waals surface area (Å²) in [6, 6.07) is 9.79. The molecule has 0 amide bonds. The SMILES string of the molecule is CC1CCC(C(=O)c2ccnc3ccccc23)CC1. The van der Waals surface area contributed by atoms with E-state index in [1.807, 2.05) is 30.3 Å². The van der Waals surface area contributed by atoms with Crippen molar-refractivity contribution in [1.29, 1.82) is 0 Å². The Balaban J connectivity index is 1.93. The van der Waals surface area contributed by atoms with Crippen molar-refractivity contribution >= 4 is 16.7 Å². The number of Topliss-reactive ketones (excluding diaryl/α,β-unsaturated/α-hetero) is 1. The molecule has 0 unspecified atom stereocenters. The summed E-state index contributed by atoms with van der Waals surface area (Å²) in [5, 5.41) is 0.994. The Kier molecular flexibility index (Phi) is 3.33. The first-order chi connectivity index (χ1) is 9.25. The third-order valence-corrected chi connectivity index (χ3v) is 4.30. The lowest BCUT2D eigenvalue weighted by molar-refractivity contribution is 0.0877. The van der Waals surface area contributed by atoms with Crippen LogP contribution in [0.4, 0.5) is 0 Å². The normalized spacial score (nSPS) is 23.4. The Morgan fingerprint density at radius 1 is 1.11 bits per heavy atom. The highest BCUT2D eigenvalue weighted by molar-refractivity contribution is 6.08. The number of hydrogen-bond acceptors (Lipinski definition) is 2. The second kappa shape index (κ2) is 5.12. The van der Waals surface area contributed by atoms with Crippen molar-refractivity contribution in [3.8, 4) is 0 Å². The van der Waals surface area contributed by atoms with Gasteiger partial charge in [0.1, 0.15) is 0 Å². The second-order valence-electron chi connectivity index (χ2n) is 5.70. The number of rotatable bonds is 2. The molecule has 1 aromatic carbocycles. The second-order valence-corrected chi connectivity index (χ2v) is 5.70. The van der Waals surface area contributed by atoms with Crippen molar-refractivity contribution in [3.63, 3.8) is 0 Å². The standard InChI is InChI=1S/C17H19NO/c1-12-6-8-13(9-7-12)17(19)15-10-11-18-16-5-3-2-4-14(15)16/h2-5,10-13H,6-9H2,1H3. The maximum absolute atomic E-state index is 12.7. The van der Waals surface area contributed by atoms with Gasteiger partial charge in [0, 0.05) is 23.1 Å². The molecule has 98 valence electrons. The first-order valence-corrected chi connectivity index (χ1v) is 7.13. The Morgan fingerprint density at radius 3 is 2.63 bits per heavy atom. The molecule has 19 heavy (non-hydrogen) atoms. The van der Waals surface area contributed by atoms with Gasteiger partial charge >= 0.3 is 0 Å². The zero-order chi connectivity index (χ0) is 13.2. The van der Waals surface area contributed by atoms with E-state index in [0.717, 1.165) is 35.2 Å². The van der Waals surface area contributed by atoms with Crippen LogP contribution >= 0.6 is 0 Å². The number of para-hydroxylation sites is 1. The number of nitrogens with zero attached hydrogens (tertiary/aromatic N) is 1. The lowest BCUT2D eigenvalue weighted by Gasteiger charge is -2.25. The number of carbonyl (C=O) groups excluding carboxylic acids is 1. The Bertz CT molecular complexity index is 592. The fourth-order valence-corrected chi connectivity index (χ4v) is 3.05. The molecule has 2 aromatic rings. The molecule has 1 aliphatic carbocycles. The summed E-state index contributed by atoms with van der Waals surface area (Å²) in [6.45, 7) is 2.28. The Hall–Kier alpha value is -1.70. The maximum atomic E-state index is 12.7. The number of pyridine rings is 1. The van der Waals surface area contributed by atoms with Crippen molar-refractivity contribution in [3.05, 3.63) is 42.1 Å². The van der Waals surface area contributed by atoms with Crippen LogP contribution < -0.4 is 0 Å². The van der Waals surface area contributed by atoms with Gasteiger partial charge in [-0.25, -0.2) is 0 Å². The predicted octanol–water partition coefficient (Wildman–Crippen LogP) is 4.24. The van der Waals surface area contributed by atoms with E-state index in [2.05, 4.69) is 11.9 Å². The van der Waals surface area contributed by atoms with Gasteiger partial charge in [-0.3, -0.25) is 9.78 Å². The van der Waals surface area contributed by atoms with Crippen molar-refractivity contribution in [2.45, 2.75) is 32.6 Å². The van der Waals surface area contributed by atoms with Gasteiger partial charge in [-0.1, -0.05) is 38.0 Å². The average molecular weight is 253 g/mol. The predicted molar refractivity (Wildman–Crippen MR) is 77.2 cm³/mol. The van der Waals surface area contributed by atoms with Crippen molar-refractivity contribution < 1.29 is 4.79 Å². The smallest absolute Gasteiger partial charge is 0.166 e. The molecule has 0 spiro atoms. The molecule has 1 aromatic heterocycles. The monoisotopic (exact) mass is 253 g/mol. The highest BCUT2D eigenvalue weighted by Crippen LogP contribution is 2.31. The molecule has 0 N–H and O–H groups in total. The molecule has 3 rings (SSSR count). The highest BCUT2D eigenvalue weighted by Gasteiger charge is 2.26. The number of aromatic nitrogens is 1. The summed E-state index contributed by atoms with van der Waals surface area (Å²) in [5.41, 5.74) is 1.77. The lowest BCUT2D eigenvalue weighted by Crippen LogP contribution is -2.21. The van der Waals surface area contributed by atoms with Crippen LogP contribution in [0, 0.1) is 11.8 Å². The molecular weight excluding hydrogens is 234 g/mol. The van der Waals surface area contributed by atoms with Gasteiger partial charge in [-0.2, -0.15) is 0 Å². The van der Waals surface area contributed by atoms with Crippen LogP contribution in [0.15, 0.2) is 36.5 Å². The molecule has 2 nitrogen and oxygen atoms in total. The average Bonchev–Trinajstić information content (AvgIpc) is 2.47. The lowest BCUT2D eigenvalue weighted by atomic mass is 9.79. The van der Waals surface area contributed by atoms with Crippen LogP contribution in [-0.4, -0.2) is 10.8 Å². The first-order valence-electron chi connectivity index (χ1n) is 7.13. The van der Waals surface area contributed by atoms with Crippen LogP contribution in [0.1, 0.15) is 43.0 Å². The fraction of sp³-hybridized carbons (Fsp3) is 0.412. The molecule has 2 heteroatoms. The van der Waals surface area contributed by atoms with E-state index < -0.39 is 0 Å². The molecule has 0 saturated heterocycles. The van der Waals surface area contributed by atoms with Crippen LogP contribution in [0.25, 0.3) is 10.9 Å². The summed E-state index contributed by atoms with van der Waals surface area (Å²) >= 11 is 0. The van der Waals surface area contributed by atoms with E-state index in [0.29, 0.717) is 5.78 Å². The largest absolute Gasteiger partial charge is 0.294 e. The maximum Gasteiger partial charge on any atom is 0.166 e. The van der Waals surface area contributed by atoms with E-state index in [1.165, 1.54) is 12.8 Å². The summed E-state index contributed by atoms with van der Waals surface area (Å²) in [5.74, 6) is 1.30. The molecule has 1 aliphatic rings. The molecule has 0 bridgehead atoms. The number of benzene rings is 1. The molecule has 0 aliphatic heterocycles. The molecule has 1 heterocycles. The van der Waals surface area contributed by atoms with Gasteiger partial charge in [0.25, 0.3) is 0 Å². The quantitative estimate of drug-likeness (QED) is 0.749. The number of carbonyl (C=O) groups is 1. The van der Waals surface area contributed by atoms with E-state index in [-0.39, 0.29) is 5.92 Å². The van der Waals surface area contributed by atoms with E-state index >= 15 is 0 Å². The van der Waals surface area contributed by atoms with E-state index in [1.54, 1.807) is 6.20 Å². The van der Waals surface area contributed by atoms with E-state index in [9.17, 15) is 4.79 Å². The summed E-state index contributed by atoms with van der Waals surface area (Å²) < 4.78 is 0. The van der Waals surface area contributed by atoms with Gasteiger partial charge in [0.15, 0.2) is 5.78 Å². The molecule has 0 radical (unpaired) electrons. The molecule has 0 atom stereocenters. The van der Waals surface area contributed by atoms with Gasteiger partial charge in [-0.05, 0) is 30.9 Å². The topological polar surface area (TPSA) is 30.0 Å². The summed E-state index contributed by atoms with van der Waals surface area (Å²) in [7, 11) is 0. The third kappa shape index (κ3) is 2.40. The van der Waals surface area contributed by atoms with Gasteiger partial charge in [0.2, 0.25) is 0 Å². The Morgan fingerprint density at radius 2 is 1.84 bits per heavy atom. The van der Waals surface area contributed by atoms with Gasteiger partial charge < -0.3 is 0 Å². The number of fused-ring (bicyclic) bond motifs is 1. The number of ketones is 1. The zero-order valence-electron chi connectivity index (χ0n) is 11.3. The summed E-state index contributed by atoms with van der Waals surface area (Å²) in [4.78, 5) is 17.0. The molecule has 1 saturated carbocycles. The van der Waals surface area contributed by atoms with Crippen molar-refractivity contribution in [2.24, 2.45) is 11.8 Å².